The van der Waals surface area contributed by atoms with E-state index in [9.17, 15) is 17.6 Å². The van der Waals surface area contributed by atoms with E-state index in [4.69, 9.17) is 9.47 Å². The van der Waals surface area contributed by atoms with Crippen molar-refractivity contribution in [1.29, 1.82) is 0 Å². The standard InChI is InChI=1S/C15H17F4N3O2/c1-23-8-6-22(7-9-24-2)13-10-4-3-5-11(16)12(10)20-14(21-13)15(17,18)19/h3-5H,6-9H2,1-2H3. The van der Waals surface area contributed by atoms with Crippen molar-refractivity contribution >= 4 is 16.7 Å². The summed E-state index contributed by atoms with van der Waals surface area (Å²) >= 11 is 0. The number of hydrogen-bond donors (Lipinski definition) is 0. The molecule has 0 saturated heterocycles. The quantitative estimate of drug-likeness (QED) is 0.721. The third-order valence-electron chi connectivity index (χ3n) is 3.34. The van der Waals surface area contributed by atoms with Crippen molar-refractivity contribution in [2.45, 2.75) is 6.18 Å². The molecule has 1 heterocycles. The molecule has 0 aliphatic carbocycles. The molecule has 24 heavy (non-hydrogen) atoms. The molecule has 0 N–H and O–H groups in total. The van der Waals surface area contributed by atoms with Gasteiger partial charge in [-0.15, -0.1) is 0 Å². The van der Waals surface area contributed by atoms with Gasteiger partial charge >= 0.3 is 6.18 Å². The Hall–Kier alpha value is -2.00. The van der Waals surface area contributed by atoms with Gasteiger partial charge in [-0.05, 0) is 12.1 Å². The third kappa shape index (κ3) is 4.09. The molecule has 0 radical (unpaired) electrons. The second kappa shape index (κ2) is 7.71. The van der Waals surface area contributed by atoms with Crippen LogP contribution in [-0.2, 0) is 15.7 Å². The van der Waals surface area contributed by atoms with E-state index < -0.39 is 17.8 Å². The number of para-hydroxylation sites is 1. The molecular weight excluding hydrogens is 330 g/mol. The van der Waals surface area contributed by atoms with E-state index in [0.717, 1.165) is 6.07 Å². The Morgan fingerprint density at radius 2 is 1.67 bits per heavy atom. The first-order valence-corrected chi connectivity index (χ1v) is 7.14. The third-order valence-corrected chi connectivity index (χ3v) is 3.34. The van der Waals surface area contributed by atoms with Crippen LogP contribution in [0.4, 0.5) is 23.4 Å². The maximum atomic E-state index is 14.0. The number of halogens is 4. The number of rotatable bonds is 7. The Morgan fingerprint density at radius 3 is 2.21 bits per heavy atom. The second-order valence-corrected chi connectivity index (χ2v) is 4.98. The van der Waals surface area contributed by atoms with Gasteiger partial charge in [0.1, 0.15) is 17.2 Å². The van der Waals surface area contributed by atoms with Crippen LogP contribution in [0.2, 0.25) is 0 Å². The van der Waals surface area contributed by atoms with Crippen molar-refractivity contribution in [3.8, 4) is 0 Å². The fraction of sp³-hybridized carbons (Fsp3) is 0.467. The monoisotopic (exact) mass is 347 g/mol. The van der Waals surface area contributed by atoms with Crippen molar-refractivity contribution < 1.29 is 27.0 Å². The summed E-state index contributed by atoms with van der Waals surface area (Å²) in [4.78, 5) is 8.54. The van der Waals surface area contributed by atoms with Crippen LogP contribution < -0.4 is 4.90 Å². The first kappa shape index (κ1) is 18.3. The average molecular weight is 347 g/mol. The van der Waals surface area contributed by atoms with Gasteiger partial charge in [-0.1, -0.05) is 6.07 Å². The molecule has 9 heteroatoms. The predicted molar refractivity (Wildman–Crippen MR) is 80.5 cm³/mol. The van der Waals surface area contributed by atoms with Crippen LogP contribution in [0.15, 0.2) is 18.2 Å². The van der Waals surface area contributed by atoms with E-state index in [1.54, 1.807) is 4.90 Å². The highest BCUT2D eigenvalue weighted by Gasteiger charge is 2.36. The average Bonchev–Trinajstić information content (AvgIpc) is 2.54. The zero-order valence-corrected chi connectivity index (χ0v) is 13.2. The van der Waals surface area contributed by atoms with E-state index in [1.165, 1.54) is 26.4 Å². The lowest BCUT2D eigenvalue weighted by molar-refractivity contribution is -0.144. The molecular formula is C15H17F4N3O2. The number of nitrogens with zero attached hydrogens (tertiary/aromatic N) is 3. The zero-order chi connectivity index (χ0) is 17.7. The van der Waals surface area contributed by atoms with E-state index in [0.29, 0.717) is 0 Å². The van der Waals surface area contributed by atoms with E-state index in [1.807, 2.05) is 0 Å². The van der Waals surface area contributed by atoms with Gasteiger partial charge in [0.15, 0.2) is 0 Å². The Morgan fingerprint density at radius 1 is 1.04 bits per heavy atom. The fourth-order valence-corrected chi connectivity index (χ4v) is 2.20. The summed E-state index contributed by atoms with van der Waals surface area (Å²) in [5, 5.41) is 0.204. The summed E-state index contributed by atoms with van der Waals surface area (Å²) in [6.07, 6.45) is -4.78. The number of aromatic nitrogens is 2. The summed E-state index contributed by atoms with van der Waals surface area (Å²) in [6, 6.07) is 3.96. The minimum absolute atomic E-state index is 0.000856. The molecule has 0 amide bonds. The molecule has 0 aliphatic rings. The van der Waals surface area contributed by atoms with Crippen molar-refractivity contribution in [1.82, 2.24) is 9.97 Å². The number of fused-ring (bicyclic) bond motifs is 1. The van der Waals surface area contributed by atoms with Gasteiger partial charge in [0.2, 0.25) is 5.82 Å². The molecule has 1 aromatic carbocycles. The Bertz CT molecular complexity index is 686. The maximum absolute atomic E-state index is 14.0. The highest BCUT2D eigenvalue weighted by Crippen LogP contribution is 2.32. The molecule has 0 aliphatic heterocycles. The number of ether oxygens (including phenoxy) is 2. The van der Waals surface area contributed by atoms with Crippen LogP contribution in [0.5, 0.6) is 0 Å². The molecule has 0 saturated carbocycles. The fourth-order valence-electron chi connectivity index (χ4n) is 2.20. The summed E-state index contributed by atoms with van der Waals surface area (Å²) in [5.41, 5.74) is -0.366. The van der Waals surface area contributed by atoms with Crippen LogP contribution in [0, 0.1) is 5.82 Å². The van der Waals surface area contributed by atoms with Crippen LogP contribution in [-0.4, -0.2) is 50.5 Å². The first-order chi connectivity index (χ1) is 11.4. The van der Waals surface area contributed by atoms with E-state index in [-0.39, 0.29) is 43.0 Å². The normalized spacial score (nSPS) is 11.9. The summed E-state index contributed by atoms with van der Waals surface area (Å²) in [6.45, 7) is 1.09. The topological polar surface area (TPSA) is 47.5 Å². The lowest BCUT2D eigenvalue weighted by Gasteiger charge is -2.25. The SMILES string of the molecule is COCCN(CCOC)c1nc(C(F)(F)F)nc2c(F)cccc12. The Labute approximate surface area is 136 Å². The second-order valence-electron chi connectivity index (χ2n) is 4.98. The maximum Gasteiger partial charge on any atom is 0.451 e. The van der Waals surface area contributed by atoms with Gasteiger partial charge in [0.25, 0.3) is 0 Å². The summed E-state index contributed by atoms with van der Waals surface area (Å²) in [5.74, 6) is -2.21. The molecule has 0 atom stereocenters. The van der Waals surface area contributed by atoms with Gasteiger partial charge in [0.05, 0.1) is 13.2 Å². The molecule has 1 aromatic heterocycles. The van der Waals surface area contributed by atoms with Crippen molar-refractivity contribution in [3.63, 3.8) is 0 Å². The molecule has 5 nitrogen and oxygen atoms in total. The highest BCUT2D eigenvalue weighted by molar-refractivity contribution is 5.90. The minimum atomic E-state index is -4.78. The van der Waals surface area contributed by atoms with Crippen LogP contribution in [0.25, 0.3) is 10.9 Å². The van der Waals surface area contributed by atoms with Crippen molar-refractivity contribution in [3.05, 3.63) is 29.8 Å². The van der Waals surface area contributed by atoms with E-state index >= 15 is 0 Å². The van der Waals surface area contributed by atoms with Crippen LogP contribution in [0.3, 0.4) is 0 Å². The molecule has 2 aromatic rings. The Balaban J connectivity index is 2.61. The van der Waals surface area contributed by atoms with Gasteiger partial charge in [-0.25, -0.2) is 14.4 Å². The molecule has 0 unspecified atom stereocenters. The van der Waals surface area contributed by atoms with Gasteiger partial charge in [-0.2, -0.15) is 13.2 Å². The molecule has 0 bridgehead atoms. The lowest BCUT2D eigenvalue weighted by Crippen LogP contribution is -2.32. The van der Waals surface area contributed by atoms with E-state index in [2.05, 4.69) is 9.97 Å². The summed E-state index contributed by atoms with van der Waals surface area (Å²) < 4.78 is 63.2. The zero-order valence-electron chi connectivity index (χ0n) is 13.2. The highest BCUT2D eigenvalue weighted by atomic mass is 19.4. The predicted octanol–water partition coefficient (Wildman–Crippen LogP) is 2.89. The van der Waals surface area contributed by atoms with Gasteiger partial charge < -0.3 is 14.4 Å². The number of benzene rings is 1. The minimum Gasteiger partial charge on any atom is -0.383 e. The molecule has 2 rings (SSSR count). The smallest absolute Gasteiger partial charge is 0.383 e. The largest absolute Gasteiger partial charge is 0.451 e. The van der Waals surface area contributed by atoms with Crippen molar-refractivity contribution in [2.75, 3.05) is 45.4 Å². The molecule has 0 spiro atoms. The Kier molecular flexibility index (Phi) is 5.89. The first-order valence-electron chi connectivity index (χ1n) is 7.14. The number of methoxy groups -OCH3 is 2. The number of hydrogen-bond acceptors (Lipinski definition) is 5. The summed E-state index contributed by atoms with van der Waals surface area (Å²) in [7, 11) is 2.96. The van der Waals surface area contributed by atoms with Crippen LogP contribution in [0.1, 0.15) is 5.82 Å². The number of alkyl halides is 3. The number of anilines is 1. The van der Waals surface area contributed by atoms with Crippen molar-refractivity contribution in [2.24, 2.45) is 0 Å². The van der Waals surface area contributed by atoms with Gasteiger partial charge in [0, 0.05) is 32.7 Å². The molecule has 0 fully saturated rings. The lowest BCUT2D eigenvalue weighted by atomic mass is 10.2. The van der Waals surface area contributed by atoms with Gasteiger partial charge in [-0.3, -0.25) is 0 Å². The van der Waals surface area contributed by atoms with Crippen LogP contribution >= 0.6 is 0 Å². The molecule has 132 valence electrons.